The molecule has 31 heavy (non-hydrogen) atoms. The first-order valence-corrected chi connectivity index (χ1v) is 10.5. The van der Waals surface area contributed by atoms with Crippen LogP contribution in [0.25, 0.3) is 6.08 Å². The minimum absolute atomic E-state index is 0.0295. The van der Waals surface area contributed by atoms with E-state index in [1.165, 1.54) is 6.07 Å². The van der Waals surface area contributed by atoms with E-state index in [0.717, 1.165) is 16.8 Å². The average molecular weight is 453 g/mol. The smallest absolute Gasteiger partial charge is 0.307 e. The van der Waals surface area contributed by atoms with E-state index < -0.39 is 16.1 Å². The normalized spacial score (nSPS) is 23.4. The van der Waals surface area contributed by atoms with Gasteiger partial charge in [0.1, 0.15) is 15.8 Å². The molecule has 2 atom stereocenters. The number of likely N-dealkylation sites (N-methyl/N-ethyl adjacent to an activating group) is 1. The highest BCUT2D eigenvalue weighted by Gasteiger charge is 2.61. The molecule has 7 heteroatoms. The number of rotatable bonds is 2. The molecule has 0 bridgehead atoms. The number of para-hydroxylation sites is 1. The van der Waals surface area contributed by atoms with Crippen molar-refractivity contribution in [1.82, 2.24) is 0 Å². The molecule has 0 saturated carbocycles. The van der Waals surface area contributed by atoms with Gasteiger partial charge in [0.2, 0.25) is 5.72 Å². The van der Waals surface area contributed by atoms with Crippen LogP contribution in [0.4, 0.5) is 11.4 Å². The van der Waals surface area contributed by atoms with Crippen LogP contribution in [0.1, 0.15) is 23.6 Å². The Kier molecular flexibility index (Phi) is 4.33. The summed E-state index contributed by atoms with van der Waals surface area (Å²) >= 11 is 12.6. The van der Waals surface area contributed by atoms with Gasteiger partial charge in [0.05, 0.1) is 10.3 Å². The lowest BCUT2D eigenvalue weighted by Crippen LogP contribution is -2.59. The van der Waals surface area contributed by atoms with Crippen molar-refractivity contribution in [2.75, 3.05) is 11.9 Å². The monoisotopic (exact) mass is 452 g/mol. The lowest BCUT2D eigenvalue weighted by atomic mass is 9.69. The quantitative estimate of drug-likeness (QED) is 0.330. The standard InChI is InChI=1S/C24H18Cl2N2O3/c1-23(15-8-4-3-5-9-15)17-10-6-7-11-19(17)27(2)24(23)13-12-16-20(31-24)14-18(25)22(21(16)26)28(29)30/h3-14H,1-2H3. The van der Waals surface area contributed by atoms with Crippen molar-refractivity contribution < 1.29 is 9.66 Å². The van der Waals surface area contributed by atoms with Crippen molar-refractivity contribution in [3.8, 4) is 5.75 Å². The highest BCUT2D eigenvalue weighted by atomic mass is 35.5. The molecule has 5 rings (SSSR count). The molecule has 1 spiro atoms. The summed E-state index contributed by atoms with van der Waals surface area (Å²) in [6, 6.07) is 19.8. The maximum atomic E-state index is 11.4. The van der Waals surface area contributed by atoms with E-state index in [2.05, 4.69) is 36.1 Å². The van der Waals surface area contributed by atoms with Crippen molar-refractivity contribution in [2.24, 2.45) is 0 Å². The van der Waals surface area contributed by atoms with Crippen LogP contribution in [0.5, 0.6) is 5.75 Å². The lowest BCUT2D eigenvalue weighted by molar-refractivity contribution is -0.384. The summed E-state index contributed by atoms with van der Waals surface area (Å²) in [5, 5.41) is 11.3. The Hall–Kier alpha value is -3.02. The highest BCUT2D eigenvalue weighted by molar-refractivity contribution is 6.39. The van der Waals surface area contributed by atoms with Gasteiger partial charge in [-0.25, -0.2) is 0 Å². The van der Waals surface area contributed by atoms with Crippen molar-refractivity contribution in [3.05, 3.63) is 104 Å². The first-order valence-electron chi connectivity index (χ1n) is 9.75. The first kappa shape index (κ1) is 19.9. The fourth-order valence-electron chi connectivity index (χ4n) is 4.89. The van der Waals surface area contributed by atoms with Gasteiger partial charge in [-0.3, -0.25) is 10.1 Å². The molecular weight excluding hydrogens is 435 g/mol. The number of ether oxygens (including phenoxy) is 1. The average Bonchev–Trinajstić information content (AvgIpc) is 2.94. The van der Waals surface area contributed by atoms with Crippen LogP contribution >= 0.6 is 23.2 Å². The van der Waals surface area contributed by atoms with E-state index in [1.807, 2.05) is 43.5 Å². The molecule has 2 aliphatic rings. The van der Waals surface area contributed by atoms with E-state index in [0.29, 0.717) is 11.3 Å². The van der Waals surface area contributed by atoms with Crippen LogP contribution in [0.2, 0.25) is 10.0 Å². The number of nitrogens with zero attached hydrogens (tertiary/aromatic N) is 2. The molecule has 0 aromatic heterocycles. The van der Waals surface area contributed by atoms with Crippen LogP contribution < -0.4 is 9.64 Å². The second-order valence-electron chi connectivity index (χ2n) is 7.89. The molecule has 0 saturated heterocycles. The summed E-state index contributed by atoms with van der Waals surface area (Å²) in [6.45, 7) is 2.15. The Bertz CT molecular complexity index is 1260. The number of benzene rings is 3. The predicted octanol–water partition coefficient (Wildman–Crippen LogP) is 6.46. The minimum atomic E-state index is -0.923. The number of anilines is 1. The molecule has 5 nitrogen and oxygen atoms in total. The third kappa shape index (κ3) is 2.51. The highest BCUT2D eigenvalue weighted by Crippen LogP contribution is 2.58. The second kappa shape index (κ2) is 6.74. The molecular formula is C24H18Cl2N2O3. The summed E-state index contributed by atoms with van der Waals surface area (Å²) in [5.74, 6) is 0.407. The van der Waals surface area contributed by atoms with Crippen molar-refractivity contribution in [3.63, 3.8) is 0 Å². The molecule has 0 radical (unpaired) electrons. The molecule has 0 N–H and O–H groups in total. The van der Waals surface area contributed by atoms with Gasteiger partial charge < -0.3 is 9.64 Å². The van der Waals surface area contributed by atoms with Gasteiger partial charge in [-0.1, -0.05) is 71.7 Å². The Morgan fingerprint density at radius 2 is 1.74 bits per heavy atom. The molecule has 2 heterocycles. The van der Waals surface area contributed by atoms with Crippen LogP contribution in [0.15, 0.2) is 66.7 Å². The van der Waals surface area contributed by atoms with Crippen LogP contribution in [0.3, 0.4) is 0 Å². The Balaban J connectivity index is 1.77. The third-order valence-electron chi connectivity index (χ3n) is 6.49. The van der Waals surface area contributed by atoms with E-state index in [4.69, 9.17) is 27.9 Å². The number of hydrogen-bond acceptors (Lipinski definition) is 4. The summed E-state index contributed by atoms with van der Waals surface area (Å²) in [6.07, 6.45) is 3.74. The van der Waals surface area contributed by atoms with Gasteiger partial charge in [-0.15, -0.1) is 0 Å². The van der Waals surface area contributed by atoms with E-state index in [1.54, 1.807) is 6.08 Å². The summed E-state index contributed by atoms with van der Waals surface area (Å²) in [5.41, 5.74) is 1.88. The van der Waals surface area contributed by atoms with Gasteiger partial charge in [-0.2, -0.15) is 0 Å². The van der Waals surface area contributed by atoms with E-state index in [9.17, 15) is 10.1 Å². The molecule has 156 valence electrons. The molecule has 0 fully saturated rings. The summed E-state index contributed by atoms with van der Waals surface area (Å²) in [7, 11) is 1.98. The summed E-state index contributed by atoms with van der Waals surface area (Å²) in [4.78, 5) is 13.0. The van der Waals surface area contributed by atoms with Gasteiger partial charge in [0, 0.05) is 24.4 Å². The Morgan fingerprint density at radius 1 is 1.06 bits per heavy atom. The van der Waals surface area contributed by atoms with Gasteiger partial charge >= 0.3 is 5.69 Å². The minimum Gasteiger partial charge on any atom is -0.462 e. The fourth-order valence-corrected chi connectivity index (χ4v) is 5.52. The predicted molar refractivity (Wildman–Crippen MR) is 123 cm³/mol. The molecule has 3 aromatic carbocycles. The number of nitro groups is 1. The van der Waals surface area contributed by atoms with Crippen molar-refractivity contribution >= 4 is 40.7 Å². The zero-order valence-electron chi connectivity index (χ0n) is 16.8. The van der Waals surface area contributed by atoms with Crippen LogP contribution in [0, 0.1) is 10.1 Å². The fraction of sp³-hybridized carbons (Fsp3) is 0.167. The van der Waals surface area contributed by atoms with E-state index in [-0.39, 0.29) is 15.7 Å². The molecule has 2 aliphatic heterocycles. The Labute approximate surface area is 189 Å². The number of halogens is 2. The SMILES string of the molecule is CN1c2ccccc2C(C)(c2ccccc2)C12C=Cc1c(cc(Cl)c([N+](=O)[O-])c1Cl)O2. The van der Waals surface area contributed by atoms with Gasteiger partial charge in [0.25, 0.3) is 0 Å². The van der Waals surface area contributed by atoms with Gasteiger partial charge in [0.15, 0.2) is 0 Å². The topological polar surface area (TPSA) is 55.6 Å². The Morgan fingerprint density at radius 3 is 2.45 bits per heavy atom. The number of hydrogen-bond donors (Lipinski definition) is 0. The second-order valence-corrected chi connectivity index (χ2v) is 8.67. The maximum absolute atomic E-state index is 11.4. The zero-order valence-corrected chi connectivity index (χ0v) is 18.3. The zero-order chi connectivity index (χ0) is 22.0. The van der Waals surface area contributed by atoms with Gasteiger partial charge in [-0.05, 0) is 36.3 Å². The lowest BCUT2D eigenvalue weighted by Gasteiger charge is -2.47. The van der Waals surface area contributed by atoms with Crippen molar-refractivity contribution in [2.45, 2.75) is 18.1 Å². The van der Waals surface area contributed by atoms with E-state index >= 15 is 0 Å². The first-order chi connectivity index (χ1) is 14.8. The third-order valence-corrected chi connectivity index (χ3v) is 7.16. The molecule has 0 amide bonds. The number of fused-ring (bicyclic) bond motifs is 2. The number of nitro benzene ring substituents is 1. The maximum Gasteiger partial charge on any atom is 0.307 e. The molecule has 3 aromatic rings. The largest absolute Gasteiger partial charge is 0.462 e. The summed E-state index contributed by atoms with van der Waals surface area (Å²) < 4.78 is 6.69. The van der Waals surface area contributed by atoms with Crippen LogP contribution in [-0.2, 0) is 5.41 Å². The van der Waals surface area contributed by atoms with Crippen LogP contribution in [-0.4, -0.2) is 17.7 Å². The van der Waals surface area contributed by atoms with Crippen molar-refractivity contribution in [1.29, 1.82) is 0 Å². The molecule has 2 unspecified atom stereocenters. The molecule has 0 aliphatic carbocycles.